The zero-order valence-corrected chi connectivity index (χ0v) is 7.62. The second kappa shape index (κ2) is 4.24. The minimum atomic E-state index is -0.124. The Balaban J connectivity index is 2.40. The van der Waals surface area contributed by atoms with Crippen LogP contribution in [0.4, 0.5) is 0 Å². The van der Waals surface area contributed by atoms with Gasteiger partial charge >= 0.3 is 5.97 Å². The van der Waals surface area contributed by atoms with E-state index in [9.17, 15) is 4.79 Å². The van der Waals surface area contributed by atoms with Gasteiger partial charge < -0.3 is 4.74 Å². The first-order valence-corrected chi connectivity index (χ1v) is 4.44. The van der Waals surface area contributed by atoms with Crippen molar-refractivity contribution in [1.82, 2.24) is 0 Å². The molecule has 0 aliphatic carbocycles. The summed E-state index contributed by atoms with van der Waals surface area (Å²) in [5, 5.41) is 0. The highest BCUT2D eigenvalue weighted by Gasteiger charge is 2.25. The van der Waals surface area contributed by atoms with Crippen molar-refractivity contribution in [2.24, 2.45) is 10.9 Å². The first-order chi connectivity index (χ1) is 5.75. The first-order valence-electron chi connectivity index (χ1n) is 4.44. The smallest absolute Gasteiger partial charge is 0.310 e. The van der Waals surface area contributed by atoms with Crippen LogP contribution in [-0.4, -0.2) is 24.8 Å². The van der Waals surface area contributed by atoms with E-state index in [2.05, 4.69) is 4.99 Å². The van der Waals surface area contributed by atoms with E-state index in [0.717, 1.165) is 12.8 Å². The quantitative estimate of drug-likeness (QED) is 0.599. The van der Waals surface area contributed by atoms with E-state index in [4.69, 9.17) is 4.74 Å². The second-order valence-electron chi connectivity index (χ2n) is 3.02. The van der Waals surface area contributed by atoms with Gasteiger partial charge in [0, 0.05) is 0 Å². The highest BCUT2D eigenvalue weighted by atomic mass is 16.5. The van der Waals surface area contributed by atoms with Crippen LogP contribution >= 0.6 is 0 Å². The summed E-state index contributed by atoms with van der Waals surface area (Å²) in [5.74, 6) is -0.203. The molecular weight excluding hydrogens is 154 g/mol. The lowest BCUT2D eigenvalue weighted by Gasteiger charge is -2.14. The number of hydrogen-bond acceptors (Lipinski definition) is 3. The molecule has 0 radical (unpaired) electrons. The van der Waals surface area contributed by atoms with Crippen LogP contribution in [0, 0.1) is 5.92 Å². The highest BCUT2D eigenvalue weighted by Crippen LogP contribution is 2.18. The fraction of sp³-hybridized carbons (Fsp3) is 0.778. The number of hydrogen-bond donors (Lipinski definition) is 0. The van der Waals surface area contributed by atoms with Gasteiger partial charge in [0.2, 0.25) is 0 Å². The molecule has 0 aromatic rings. The maximum absolute atomic E-state index is 11.2. The van der Waals surface area contributed by atoms with Gasteiger partial charge in [0.15, 0.2) is 0 Å². The van der Waals surface area contributed by atoms with Gasteiger partial charge in [-0.25, -0.2) is 0 Å². The summed E-state index contributed by atoms with van der Waals surface area (Å²) >= 11 is 0. The zero-order valence-electron chi connectivity index (χ0n) is 7.62. The largest absolute Gasteiger partial charge is 0.466 e. The van der Waals surface area contributed by atoms with Gasteiger partial charge in [0.1, 0.15) is 0 Å². The molecule has 0 aromatic carbocycles. The highest BCUT2D eigenvalue weighted by molar-refractivity contribution is 5.74. The molecule has 0 aromatic heterocycles. The first kappa shape index (κ1) is 9.23. The fourth-order valence-electron chi connectivity index (χ4n) is 1.34. The lowest BCUT2D eigenvalue weighted by molar-refractivity contribution is -0.148. The summed E-state index contributed by atoms with van der Waals surface area (Å²) in [5.41, 5.74) is 0. The zero-order chi connectivity index (χ0) is 8.97. The van der Waals surface area contributed by atoms with Gasteiger partial charge in [-0.05, 0) is 32.9 Å². The molecule has 1 aliphatic rings. The minimum Gasteiger partial charge on any atom is -0.466 e. The number of esters is 1. The van der Waals surface area contributed by atoms with Gasteiger partial charge in [0.25, 0.3) is 0 Å². The van der Waals surface area contributed by atoms with E-state index in [-0.39, 0.29) is 17.9 Å². The van der Waals surface area contributed by atoms with E-state index in [1.54, 1.807) is 0 Å². The van der Waals surface area contributed by atoms with E-state index in [1.807, 2.05) is 20.1 Å². The monoisotopic (exact) mass is 169 g/mol. The Morgan fingerprint density at radius 3 is 3.08 bits per heavy atom. The Kier molecular flexibility index (Phi) is 3.26. The molecule has 1 rings (SSSR count). The topological polar surface area (TPSA) is 38.7 Å². The number of carbonyl (C=O) groups excluding carboxylic acids is 1. The Labute approximate surface area is 72.8 Å². The Hall–Kier alpha value is -0.860. The molecule has 0 amide bonds. The van der Waals surface area contributed by atoms with Gasteiger partial charge in [-0.15, -0.1) is 0 Å². The number of rotatable bonds is 3. The van der Waals surface area contributed by atoms with Crippen LogP contribution in [0.15, 0.2) is 4.99 Å². The SMILES string of the molecule is CCOC(=O)[C@H](C)[C@@H]1CCC=N1. The van der Waals surface area contributed by atoms with Crippen molar-refractivity contribution < 1.29 is 9.53 Å². The van der Waals surface area contributed by atoms with Crippen molar-refractivity contribution in [3.05, 3.63) is 0 Å². The summed E-state index contributed by atoms with van der Waals surface area (Å²) in [4.78, 5) is 15.4. The standard InChI is InChI=1S/C9H15NO2/c1-3-12-9(11)7(2)8-5-4-6-10-8/h6-8H,3-5H2,1-2H3/t7-,8+/m1/s1. The molecule has 3 heteroatoms. The minimum absolute atomic E-state index is 0.0799. The predicted molar refractivity (Wildman–Crippen MR) is 47.3 cm³/mol. The van der Waals surface area contributed by atoms with Crippen LogP contribution in [0.2, 0.25) is 0 Å². The van der Waals surface area contributed by atoms with E-state index in [0.29, 0.717) is 6.61 Å². The Morgan fingerprint density at radius 2 is 2.58 bits per heavy atom. The lowest BCUT2D eigenvalue weighted by atomic mass is 10.0. The molecule has 1 aliphatic heterocycles. The summed E-state index contributed by atoms with van der Waals surface area (Å²) in [7, 11) is 0. The Morgan fingerprint density at radius 1 is 1.83 bits per heavy atom. The van der Waals surface area contributed by atoms with Gasteiger partial charge in [-0.1, -0.05) is 0 Å². The van der Waals surface area contributed by atoms with Crippen LogP contribution in [-0.2, 0) is 9.53 Å². The normalized spacial score (nSPS) is 24.0. The molecule has 0 N–H and O–H groups in total. The lowest BCUT2D eigenvalue weighted by Crippen LogP contribution is -2.24. The molecule has 2 atom stereocenters. The van der Waals surface area contributed by atoms with Crippen molar-refractivity contribution in [3.8, 4) is 0 Å². The van der Waals surface area contributed by atoms with Crippen molar-refractivity contribution in [2.75, 3.05) is 6.61 Å². The van der Waals surface area contributed by atoms with Crippen LogP contribution in [0.5, 0.6) is 0 Å². The van der Waals surface area contributed by atoms with Crippen LogP contribution in [0.1, 0.15) is 26.7 Å². The number of carbonyl (C=O) groups is 1. The van der Waals surface area contributed by atoms with E-state index in [1.165, 1.54) is 0 Å². The van der Waals surface area contributed by atoms with Crippen LogP contribution in [0.25, 0.3) is 0 Å². The molecule has 0 spiro atoms. The maximum Gasteiger partial charge on any atom is 0.310 e. The average molecular weight is 169 g/mol. The third-order valence-corrected chi connectivity index (χ3v) is 2.12. The summed E-state index contributed by atoms with van der Waals surface area (Å²) in [6.07, 6.45) is 3.87. The second-order valence-corrected chi connectivity index (χ2v) is 3.02. The van der Waals surface area contributed by atoms with Crippen LogP contribution in [0.3, 0.4) is 0 Å². The molecule has 0 unspecified atom stereocenters. The molecule has 0 fully saturated rings. The summed E-state index contributed by atoms with van der Waals surface area (Å²) in [6, 6.07) is 0.157. The van der Waals surface area contributed by atoms with Gasteiger partial charge in [-0.2, -0.15) is 0 Å². The fourth-order valence-corrected chi connectivity index (χ4v) is 1.34. The molecular formula is C9H15NO2. The average Bonchev–Trinajstić information content (AvgIpc) is 2.55. The maximum atomic E-state index is 11.2. The van der Waals surface area contributed by atoms with Crippen molar-refractivity contribution >= 4 is 12.2 Å². The Bertz CT molecular complexity index is 189. The third kappa shape index (κ3) is 2.06. The van der Waals surface area contributed by atoms with Crippen molar-refractivity contribution in [1.29, 1.82) is 0 Å². The number of nitrogens with zero attached hydrogens (tertiary/aromatic N) is 1. The van der Waals surface area contributed by atoms with Crippen molar-refractivity contribution in [3.63, 3.8) is 0 Å². The molecule has 68 valence electrons. The molecule has 0 saturated heterocycles. The summed E-state index contributed by atoms with van der Waals surface area (Å²) in [6.45, 7) is 4.16. The van der Waals surface area contributed by atoms with Gasteiger partial charge in [-0.3, -0.25) is 9.79 Å². The molecule has 12 heavy (non-hydrogen) atoms. The molecule has 3 nitrogen and oxygen atoms in total. The molecule has 1 heterocycles. The number of ether oxygens (including phenoxy) is 1. The summed E-state index contributed by atoms with van der Waals surface area (Å²) < 4.78 is 4.90. The van der Waals surface area contributed by atoms with E-state index < -0.39 is 0 Å². The van der Waals surface area contributed by atoms with E-state index >= 15 is 0 Å². The molecule has 0 bridgehead atoms. The van der Waals surface area contributed by atoms with Crippen LogP contribution < -0.4 is 0 Å². The molecule has 0 saturated carbocycles. The third-order valence-electron chi connectivity index (χ3n) is 2.12. The number of aliphatic imine (C=N–C) groups is 1. The van der Waals surface area contributed by atoms with Gasteiger partial charge in [0.05, 0.1) is 18.6 Å². The van der Waals surface area contributed by atoms with Crippen molar-refractivity contribution in [2.45, 2.75) is 32.7 Å². The predicted octanol–water partition coefficient (Wildman–Crippen LogP) is 1.42.